The van der Waals surface area contributed by atoms with Gasteiger partial charge in [0.2, 0.25) is 11.8 Å². The Bertz CT molecular complexity index is 265. The molecule has 2 atom stereocenters. The van der Waals surface area contributed by atoms with E-state index in [0.29, 0.717) is 0 Å². The maximum Gasteiger partial charge on any atom is 0.326 e. The molecule has 1 unspecified atom stereocenters. The molecule has 0 aliphatic heterocycles. The topological polar surface area (TPSA) is 136 Å². The highest BCUT2D eigenvalue weighted by Crippen LogP contribution is 1.97. The van der Waals surface area contributed by atoms with Crippen molar-refractivity contribution in [3.63, 3.8) is 0 Å². The van der Waals surface area contributed by atoms with Gasteiger partial charge in [0, 0.05) is 6.42 Å². The first-order valence-electron chi connectivity index (χ1n) is 4.41. The molecule has 0 radical (unpaired) electrons. The van der Waals surface area contributed by atoms with Crippen LogP contribution in [-0.4, -0.2) is 35.0 Å². The minimum atomic E-state index is -1.22. The van der Waals surface area contributed by atoms with Crippen molar-refractivity contribution in [3.8, 4) is 0 Å². The van der Waals surface area contributed by atoms with Crippen molar-refractivity contribution < 1.29 is 19.5 Å². The number of carbonyl (C=O) groups excluding carboxylic acids is 2. The van der Waals surface area contributed by atoms with Crippen molar-refractivity contribution >= 4 is 17.8 Å². The number of hydrogen-bond donors (Lipinski definition) is 4. The van der Waals surface area contributed by atoms with E-state index in [4.69, 9.17) is 16.6 Å². The van der Waals surface area contributed by atoms with Gasteiger partial charge < -0.3 is 21.9 Å². The SMILES string of the molecule is C[C@@H](N)C(=O)NC(CCC(N)=O)C(=O)O. The fraction of sp³-hybridized carbons (Fsp3) is 0.625. The predicted octanol–water partition coefficient (Wildman–Crippen LogP) is -1.83. The van der Waals surface area contributed by atoms with E-state index < -0.39 is 29.9 Å². The van der Waals surface area contributed by atoms with Crippen molar-refractivity contribution in [2.75, 3.05) is 0 Å². The van der Waals surface area contributed by atoms with Gasteiger partial charge in [-0.05, 0) is 13.3 Å². The minimum Gasteiger partial charge on any atom is -0.480 e. The number of rotatable bonds is 6. The van der Waals surface area contributed by atoms with Gasteiger partial charge in [0.25, 0.3) is 0 Å². The molecule has 0 aromatic rings. The second kappa shape index (κ2) is 5.97. The first kappa shape index (κ1) is 13.4. The summed E-state index contributed by atoms with van der Waals surface area (Å²) in [5.74, 6) is -2.41. The van der Waals surface area contributed by atoms with Crippen LogP contribution >= 0.6 is 0 Å². The van der Waals surface area contributed by atoms with Crippen LogP contribution in [0.15, 0.2) is 0 Å². The van der Waals surface area contributed by atoms with Crippen LogP contribution in [0.1, 0.15) is 19.8 Å². The number of carboxylic acid groups (broad SMARTS) is 1. The Morgan fingerprint density at radius 1 is 1.40 bits per heavy atom. The third kappa shape index (κ3) is 5.63. The van der Waals surface area contributed by atoms with Crippen LogP contribution in [0.4, 0.5) is 0 Å². The van der Waals surface area contributed by atoms with Crippen molar-refractivity contribution in [2.24, 2.45) is 11.5 Å². The Hall–Kier alpha value is -1.63. The van der Waals surface area contributed by atoms with Crippen LogP contribution in [-0.2, 0) is 14.4 Å². The zero-order valence-electron chi connectivity index (χ0n) is 8.40. The zero-order valence-corrected chi connectivity index (χ0v) is 8.40. The lowest BCUT2D eigenvalue weighted by Crippen LogP contribution is -2.47. The number of hydrogen-bond acceptors (Lipinski definition) is 4. The van der Waals surface area contributed by atoms with Crippen molar-refractivity contribution in [1.82, 2.24) is 5.32 Å². The summed E-state index contributed by atoms with van der Waals surface area (Å²) in [6, 6.07) is -1.92. The largest absolute Gasteiger partial charge is 0.480 e. The van der Waals surface area contributed by atoms with Gasteiger partial charge in [-0.3, -0.25) is 9.59 Å². The van der Waals surface area contributed by atoms with Crippen molar-refractivity contribution in [1.29, 1.82) is 0 Å². The Kier molecular flexibility index (Phi) is 5.32. The molecule has 0 aromatic carbocycles. The third-order valence-corrected chi connectivity index (χ3v) is 1.71. The van der Waals surface area contributed by atoms with Crippen molar-refractivity contribution in [3.05, 3.63) is 0 Å². The lowest BCUT2D eigenvalue weighted by atomic mass is 10.1. The van der Waals surface area contributed by atoms with Gasteiger partial charge in [0.05, 0.1) is 6.04 Å². The molecule has 6 N–H and O–H groups in total. The van der Waals surface area contributed by atoms with E-state index >= 15 is 0 Å². The number of carbonyl (C=O) groups is 3. The molecule has 7 nitrogen and oxygen atoms in total. The standard InChI is InChI=1S/C8H15N3O4/c1-4(9)7(13)11-5(8(14)15)2-3-6(10)12/h4-5H,2-3,9H2,1H3,(H2,10,12)(H,11,13)(H,14,15)/t4-,5?/m1/s1. The molecule has 0 saturated heterocycles. The molecule has 0 bridgehead atoms. The number of amides is 2. The molecule has 0 fully saturated rings. The van der Waals surface area contributed by atoms with E-state index in [1.54, 1.807) is 0 Å². The number of nitrogens with one attached hydrogen (secondary N) is 1. The molecule has 0 spiro atoms. The van der Waals surface area contributed by atoms with E-state index in [2.05, 4.69) is 5.32 Å². The Balaban J connectivity index is 4.22. The van der Waals surface area contributed by atoms with Crippen LogP contribution in [0.2, 0.25) is 0 Å². The summed E-state index contributed by atoms with van der Waals surface area (Å²) in [4.78, 5) is 32.2. The van der Waals surface area contributed by atoms with Gasteiger partial charge in [-0.25, -0.2) is 4.79 Å². The molecular formula is C8H15N3O4. The van der Waals surface area contributed by atoms with E-state index in [9.17, 15) is 14.4 Å². The lowest BCUT2D eigenvalue weighted by Gasteiger charge is -2.14. The van der Waals surface area contributed by atoms with E-state index in [1.807, 2.05) is 0 Å². The summed E-state index contributed by atoms with van der Waals surface area (Å²) >= 11 is 0. The number of primary amides is 1. The highest BCUT2D eigenvalue weighted by Gasteiger charge is 2.21. The highest BCUT2D eigenvalue weighted by atomic mass is 16.4. The van der Waals surface area contributed by atoms with Gasteiger partial charge in [-0.15, -0.1) is 0 Å². The van der Waals surface area contributed by atoms with Gasteiger partial charge in [0.15, 0.2) is 0 Å². The minimum absolute atomic E-state index is 0.0386. The lowest BCUT2D eigenvalue weighted by molar-refractivity contribution is -0.142. The zero-order chi connectivity index (χ0) is 12.0. The maximum absolute atomic E-state index is 11.1. The summed E-state index contributed by atoms with van der Waals surface area (Å²) in [5, 5.41) is 10.9. The van der Waals surface area contributed by atoms with Crippen LogP contribution in [0.3, 0.4) is 0 Å². The first-order valence-corrected chi connectivity index (χ1v) is 4.41. The number of carboxylic acids is 1. The summed E-state index contributed by atoms with van der Waals surface area (Å²) in [6.45, 7) is 1.43. The molecule has 0 saturated carbocycles. The fourth-order valence-electron chi connectivity index (χ4n) is 0.847. The van der Waals surface area contributed by atoms with Crippen molar-refractivity contribution in [2.45, 2.75) is 31.8 Å². The molecular weight excluding hydrogens is 202 g/mol. The molecule has 15 heavy (non-hydrogen) atoms. The smallest absolute Gasteiger partial charge is 0.326 e. The summed E-state index contributed by atoms with van der Waals surface area (Å²) in [7, 11) is 0. The van der Waals surface area contributed by atoms with E-state index in [-0.39, 0.29) is 12.8 Å². The van der Waals surface area contributed by atoms with Gasteiger partial charge in [0.1, 0.15) is 6.04 Å². The van der Waals surface area contributed by atoms with E-state index in [1.165, 1.54) is 6.92 Å². The normalized spacial score (nSPS) is 14.0. The molecule has 2 amide bonds. The van der Waals surface area contributed by atoms with Crippen LogP contribution in [0, 0.1) is 0 Å². The summed E-state index contributed by atoms with van der Waals surface area (Å²) in [5.41, 5.74) is 10.1. The Labute approximate surface area is 86.8 Å². The quantitative estimate of drug-likeness (QED) is 0.415. The Morgan fingerprint density at radius 3 is 2.27 bits per heavy atom. The molecule has 7 heteroatoms. The predicted molar refractivity (Wildman–Crippen MR) is 51.6 cm³/mol. The first-order chi connectivity index (χ1) is 6.84. The second-order valence-electron chi connectivity index (χ2n) is 3.19. The maximum atomic E-state index is 11.1. The fourth-order valence-corrected chi connectivity index (χ4v) is 0.847. The van der Waals surface area contributed by atoms with E-state index in [0.717, 1.165) is 0 Å². The molecule has 86 valence electrons. The van der Waals surface area contributed by atoms with Crippen LogP contribution in [0.5, 0.6) is 0 Å². The monoisotopic (exact) mass is 217 g/mol. The van der Waals surface area contributed by atoms with Gasteiger partial charge in [-0.1, -0.05) is 0 Å². The molecule has 0 rings (SSSR count). The second-order valence-corrected chi connectivity index (χ2v) is 3.19. The third-order valence-electron chi connectivity index (χ3n) is 1.71. The van der Waals surface area contributed by atoms with Crippen LogP contribution < -0.4 is 16.8 Å². The molecule has 0 aliphatic carbocycles. The number of aliphatic carboxylic acids is 1. The number of nitrogens with two attached hydrogens (primary N) is 2. The average Bonchev–Trinajstić information content (AvgIpc) is 2.10. The molecule has 0 aliphatic rings. The average molecular weight is 217 g/mol. The Morgan fingerprint density at radius 2 is 1.93 bits per heavy atom. The van der Waals surface area contributed by atoms with Crippen LogP contribution in [0.25, 0.3) is 0 Å². The molecule has 0 aromatic heterocycles. The highest BCUT2D eigenvalue weighted by molar-refractivity contribution is 5.86. The summed E-state index contributed by atoms with van der Waals surface area (Å²) in [6.07, 6.45) is -0.140. The van der Waals surface area contributed by atoms with Gasteiger partial charge >= 0.3 is 5.97 Å². The van der Waals surface area contributed by atoms with Gasteiger partial charge in [-0.2, -0.15) is 0 Å². The molecule has 0 heterocycles. The summed E-state index contributed by atoms with van der Waals surface area (Å²) < 4.78 is 0.